The maximum Gasteiger partial charge on any atom is 0 e. The van der Waals surface area contributed by atoms with Crippen molar-refractivity contribution in [2.75, 3.05) is 0 Å². The van der Waals surface area contributed by atoms with E-state index in [9.17, 15) is 0 Å². The van der Waals surface area contributed by atoms with Crippen LogP contribution in [0.3, 0.4) is 0 Å². The normalized spacial score (nSPS) is 0. The Kier molecular flexibility index (Phi) is 104. The average Bonchev–Trinajstić information content (AvgIpc) is 0. The maximum atomic E-state index is 0. The van der Waals surface area contributed by atoms with Crippen LogP contribution in [-0.2, 0) is 68.3 Å². The first-order valence-electron chi connectivity index (χ1n) is 0. The molecule has 0 rings (SSSR count). The number of hydrogen-bond donors (Lipinski definition) is 0. The van der Waals surface area contributed by atoms with Crippen LogP contribution in [0.25, 0.3) is 0 Å². The molecular formula is H2CaFeVY. The Hall–Kier alpha value is 3.47. The van der Waals surface area contributed by atoms with Crippen molar-refractivity contribution in [1.29, 1.82) is 0 Å². The second-order valence-electron chi connectivity index (χ2n) is 0. The minimum Gasteiger partial charge on any atom is 0 e. The van der Waals surface area contributed by atoms with Gasteiger partial charge >= 0.3 is 37.7 Å². The SMILES string of the molecule is [CaH2].[Fe].[V].[Y]. The second kappa shape index (κ2) is 16.1. The third-order valence-electron chi connectivity index (χ3n) is 0. The van der Waals surface area contributed by atoms with Crippen molar-refractivity contribution < 1.29 is 68.3 Å². The summed E-state index contributed by atoms with van der Waals surface area (Å²) in [6.07, 6.45) is 0. The first-order valence-corrected chi connectivity index (χ1v) is 0. The Labute approximate surface area is 103 Å². The molecule has 0 heterocycles. The van der Waals surface area contributed by atoms with Crippen molar-refractivity contribution in [1.82, 2.24) is 0 Å². The van der Waals surface area contributed by atoms with Gasteiger partial charge in [-0.15, -0.1) is 0 Å². The molecular weight excluding hydrogens is 236 g/mol. The van der Waals surface area contributed by atoms with Crippen molar-refractivity contribution >= 4 is 37.7 Å². The molecule has 4 heavy (non-hydrogen) atoms. The fourth-order valence-corrected chi connectivity index (χ4v) is 0. The first kappa shape index (κ1) is 26.0. The van der Waals surface area contributed by atoms with Gasteiger partial charge in [-0.25, -0.2) is 0 Å². The summed E-state index contributed by atoms with van der Waals surface area (Å²) in [6, 6.07) is 0. The van der Waals surface area contributed by atoms with E-state index in [1.165, 1.54) is 0 Å². The van der Waals surface area contributed by atoms with Gasteiger partial charge in [0.2, 0.25) is 0 Å². The monoisotopic (exact) mass is 238 g/mol. The van der Waals surface area contributed by atoms with E-state index in [4.69, 9.17) is 0 Å². The van der Waals surface area contributed by atoms with Crippen LogP contribution in [0, 0.1) is 0 Å². The summed E-state index contributed by atoms with van der Waals surface area (Å²) in [7, 11) is 0. The molecule has 4 heteroatoms. The minimum absolute atomic E-state index is 0. The van der Waals surface area contributed by atoms with Crippen molar-refractivity contribution in [3.05, 3.63) is 0 Å². The largest absolute Gasteiger partial charge is 0 e. The van der Waals surface area contributed by atoms with Crippen molar-refractivity contribution in [2.45, 2.75) is 0 Å². The van der Waals surface area contributed by atoms with Gasteiger partial charge in [0.25, 0.3) is 0 Å². The summed E-state index contributed by atoms with van der Waals surface area (Å²) < 4.78 is 0. The molecule has 0 aromatic rings. The predicted octanol–water partition coefficient (Wildman–Crippen LogP) is -0.924. The van der Waals surface area contributed by atoms with E-state index in [2.05, 4.69) is 0 Å². The van der Waals surface area contributed by atoms with E-state index < -0.39 is 0 Å². The maximum absolute atomic E-state index is 0. The smallest absolute Gasteiger partial charge is 0 e. The summed E-state index contributed by atoms with van der Waals surface area (Å²) in [5, 5.41) is 0. The molecule has 2 radical (unpaired) electrons. The Morgan fingerprint density at radius 2 is 1.00 bits per heavy atom. The summed E-state index contributed by atoms with van der Waals surface area (Å²) in [6.45, 7) is 0. The summed E-state index contributed by atoms with van der Waals surface area (Å²) in [5.74, 6) is 0. The molecule has 0 atom stereocenters. The van der Waals surface area contributed by atoms with E-state index in [1.807, 2.05) is 0 Å². The topological polar surface area (TPSA) is 0 Å². The Morgan fingerprint density at radius 3 is 1.00 bits per heavy atom. The van der Waals surface area contributed by atoms with Gasteiger partial charge in [0.1, 0.15) is 0 Å². The van der Waals surface area contributed by atoms with Crippen LogP contribution in [0.4, 0.5) is 0 Å². The summed E-state index contributed by atoms with van der Waals surface area (Å²) in [5.41, 5.74) is 0. The zero-order chi connectivity index (χ0) is 0. The molecule has 20 valence electrons. The van der Waals surface area contributed by atoms with E-state index in [0.717, 1.165) is 0 Å². The third kappa shape index (κ3) is 9.08. The zero-order valence-electron chi connectivity index (χ0n) is 1.38. The molecule has 0 fully saturated rings. The molecule has 0 N–H and O–H groups in total. The first-order chi connectivity index (χ1) is 0. The molecule has 0 bridgehead atoms. The van der Waals surface area contributed by atoms with Gasteiger partial charge in [0, 0.05) is 68.3 Å². The van der Waals surface area contributed by atoms with E-state index >= 15 is 0 Å². The molecule has 0 saturated heterocycles. The van der Waals surface area contributed by atoms with Gasteiger partial charge < -0.3 is 0 Å². The van der Waals surface area contributed by atoms with Crippen LogP contribution < -0.4 is 0 Å². The molecule has 0 amide bonds. The van der Waals surface area contributed by atoms with Gasteiger partial charge in [-0.05, 0) is 0 Å². The van der Waals surface area contributed by atoms with Gasteiger partial charge in [0.05, 0.1) is 0 Å². The van der Waals surface area contributed by atoms with Gasteiger partial charge in [0.15, 0.2) is 0 Å². The summed E-state index contributed by atoms with van der Waals surface area (Å²) >= 11 is 0. The molecule has 0 aliphatic rings. The van der Waals surface area contributed by atoms with Crippen LogP contribution in [0.2, 0.25) is 0 Å². The molecule has 0 aromatic heterocycles. The van der Waals surface area contributed by atoms with Gasteiger partial charge in [-0.3, -0.25) is 0 Å². The van der Waals surface area contributed by atoms with Crippen molar-refractivity contribution in [3.63, 3.8) is 0 Å². The Bertz CT molecular complexity index is 8.00. The van der Waals surface area contributed by atoms with Crippen LogP contribution in [0.5, 0.6) is 0 Å². The molecule has 0 unspecified atom stereocenters. The number of rotatable bonds is 0. The van der Waals surface area contributed by atoms with E-state index in [-0.39, 0.29) is 106 Å². The molecule has 0 aliphatic carbocycles. The van der Waals surface area contributed by atoms with Crippen molar-refractivity contribution in [2.24, 2.45) is 0 Å². The average molecular weight is 238 g/mol. The quantitative estimate of drug-likeness (QED) is 0.478. The van der Waals surface area contributed by atoms with Crippen LogP contribution in [0.15, 0.2) is 0 Å². The molecule has 0 spiro atoms. The van der Waals surface area contributed by atoms with Crippen LogP contribution in [0.1, 0.15) is 0 Å². The zero-order valence-corrected chi connectivity index (χ0v) is 6.72. The molecule has 0 aromatic carbocycles. The Balaban J connectivity index is 0. The number of hydrogen-bond acceptors (Lipinski definition) is 0. The second-order valence-corrected chi connectivity index (χ2v) is 0. The fraction of sp³-hybridized carbons (Fsp3) is 0. The van der Waals surface area contributed by atoms with E-state index in [1.54, 1.807) is 0 Å². The summed E-state index contributed by atoms with van der Waals surface area (Å²) in [4.78, 5) is 0. The Morgan fingerprint density at radius 1 is 1.00 bits per heavy atom. The van der Waals surface area contributed by atoms with E-state index in [0.29, 0.717) is 0 Å². The van der Waals surface area contributed by atoms with Gasteiger partial charge in [-0.2, -0.15) is 0 Å². The standard InChI is InChI=1S/Ca.Fe.V.Y.2H. The molecule has 0 saturated carbocycles. The predicted molar refractivity (Wildman–Crippen MR) is 8.54 cm³/mol. The third-order valence-corrected chi connectivity index (χ3v) is 0. The fourth-order valence-electron chi connectivity index (χ4n) is 0. The van der Waals surface area contributed by atoms with Gasteiger partial charge in [-0.1, -0.05) is 0 Å². The molecule has 0 nitrogen and oxygen atoms in total. The van der Waals surface area contributed by atoms with Crippen LogP contribution in [-0.4, -0.2) is 37.7 Å². The van der Waals surface area contributed by atoms with Crippen molar-refractivity contribution in [3.8, 4) is 0 Å². The minimum atomic E-state index is 0. The molecule has 0 aliphatic heterocycles. The van der Waals surface area contributed by atoms with Crippen LogP contribution >= 0.6 is 0 Å².